The van der Waals surface area contributed by atoms with Crippen molar-refractivity contribution in [1.29, 1.82) is 0 Å². The number of piperazine rings is 1. The molecule has 0 unspecified atom stereocenters. The number of nitrogens with zero attached hydrogens (tertiary/aromatic N) is 5. The van der Waals surface area contributed by atoms with Gasteiger partial charge >= 0.3 is 6.03 Å². The lowest BCUT2D eigenvalue weighted by Gasteiger charge is -2.47. The molecule has 3 aliphatic heterocycles. The summed E-state index contributed by atoms with van der Waals surface area (Å²) in [7, 11) is -3.94. The topological polar surface area (TPSA) is 202 Å². The number of halogens is 1. The number of thiazole rings is 1. The van der Waals surface area contributed by atoms with Gasteiger partial charge in [0.05, 0.1) is 35.7 Å². The normalized spacial score (nSPS) is 25.8. The first kappa shape index (κ1) is 47.9. The zero-order valence-corrected chi connectivity index (χ0v) is 41.0. The van der Waals surface area contributed by atoms with Crippen molar-refractivity contribution in [3.05, 3.63) is 47.0 Å². The number of carbonyl (C=O) groups is 4. The number of benzene rings is 1. The van der Waals surface area contributed by atoms with Crippen molar-refractivity contribution >= 4 is 67.6 Å². The minimum Gasteiger partial charge on any atom is -0.491 e. The predicted octanol–water partition coefficient (Wildman–Crippen LogP) is 5.08. The molecule has 2 aromatic heterocycles. The van der Waals surface area contributed by atoms with Crippen LogP contribution in [0.5, 0.6) is 11.5 Å². The van der Waals surface area contributed by atoms with E-state index in [1.165, 1.54) is 27.2 Å². The second-order valence-electron chi connectivity index (χ2n) is 19.7. The lowest BCUT2D eigenvalue weighted by Crippen LogP contribution is -2.69. The van der Waals surface area contributed by atoms with E-state index in [-0.39, 0.29) is 36.2 Å². The largest absolute Gasteiger partial charge is 0.491 e. The van der Waals surface area contributed by atoms with Gasteiger partial charge in [0, 0.05) is 60.9 Å². The quantitative estimate of drug-likeness (QED) is 0.171. The van der Waals surface area contributed by atoms with E-state index in [0.717, 1.165) is 18.8 Å². The summed E-state index contributed by atoms with van der Waals surface area (Å²) < 4.78 is 46.8. The SMILES string of the molecule is C=C[C@@H]1C[C@]1(NC(=O)[C@@H]1C[C@@H](Oc2cc(-c3nc(C(C)C)cs3)nc3c(Cl)c(OCCN4CCOCC4)ccc23)[C@H]2CN(C(=O)NC(C)(C)C)[C@H](C(C)C)C(=O)N21)C(=O)NS(=O)(=O)C1CC1. The Labute approximate surface area is 395 Å². The van der Waals surface area contributed by atoms with E-state index in [1.54, 1.807) is 12.1 Å². The van der Waals surface area contributed by atoms with Gasteiger partial charge in [-0.15, -0.1) is 17.9 Å². The molecule has 5 heterocycles. The number of rotatable bonds is 15. The number of aromatic nitrogens is 2. The molecule has 2 saturated carbocycles. The zero-order valence-electron chi connectivity index (χ0n) is 38.6. The average Bonchev–Trinajstić information content (AvgIpc) is 4.15. The smallest absolute Gasteiger partial charge is 0.318 e. The lowest BCUT2D eigenvalue weighted by atomic mass is 9.95. The summed E-state index contributed by atoms with van der Waals surface area (Å²) in [6.07, 6.45) is 1.65. The number of carbonyl (C=O) groups excluding carboxylic acids is 4. The lowest BCUT2D eigenvalue weighted by molar-refractivity contribution is -0.151. The highest BCUT2D eigenvalue weighted by Crippen LogP contribution is 2.47. The van der Waals surface area contributed by atoms with Crippen molar-refractivity contribution in [2.75, 3.05) is 46.0 Å². The van der Waals surface area contributed by atoms with Crippen LogP contribution in [-0.2, 0) is 29.1 Å². The van der Waals surface area contributed by atoms with Crippen LogP contribution >= 0.6 is 22.9 Å². The minimum atomic E-state index is -3.94. The van der Waals surface area contributed by atoms with Crippen LogP contribution in [0.1, 0.15) is 85.8 Å². The third kappa shape index (κ3) is 9.73. The molecule has 3 aromatic rings. The number of sulfonamides is 1. The molecule has 0 spiro atoms. The monoisotopic (exact) mass is 968 g/mol. The third-order valence-corrected chi connectivity index (χ3v) is 16.0. The van der Waals surface area contributed by atoms with Crippen LogP contribution in [0.15, 0.2) is 36.2 Å². The summed E-state index contributed by atoms with van der Waals surface area (Å²) in [5.41, 5.74) is -0.409. The van der Waals surface area contributed by atoms with Gasteiger partial charge in [0.25, 0.3) is 5.91 Å². The Balaban J connectivity index is 1.16. The van der Waals surface area contributed by atoms with Crippen molar-refractivity contribution in [3.8, 4) is 22.2 Å². The van der Waals surface area contributed by atoms with Crippen molar-refractivity contribution in [1.82, 2.24) is 40.0 Å². The number of fused-ring (bicyclic) bond motifs is 2. The van der Waals surface area contributed by atoms with Gasteiger partial charge in [-0.25, -0.2) is 23.2 Å². The van der Waals surface area contributed by atoms with E-state index in [4.69, 9.17) is 35.8 Å². The van der Waals surface area contributed by atoms with Crippen molar-refractivity contribution in [2.45, 2.75) is 121 Å². The van der Waals surface area contributed by atoms with Crippen LogP contribution in [0.25, 0.3) is 21.6 Å². The molecule has 3 N–H and O–H groups in total. The molecule has 8 rings (SSSR count). The molecule has 3 saturated heterocycles. The van der Waals surface area contributed by atoms with Gasteiger partial charge in [-0.3, -0.25) is 24.0 Å². The Morgan fingerprint density at radius 1 is 1.11 bits per heavy atom. The molecule has 0 radical (unpaired) electrons. The summed E-state index contributed by atoms with van der Waals surface area (Å²) in [6, 6.07) is 2.01. The van der Waals surface area contributed by atoms with Crippen LogP contribution in [0.3, 0.4) is 0 Å². The highest BCUT2D eigenvalue weighted by molar-refractivity contribution is 7.91. The maximum absolute atomic E-state index is 15.0. The molecule has 5 fully saturated rings. The molecule has 5 aliphatic rings. The Bertz CT molecular complexity index is 2500. The first-order chi connectivity index (χ1) is 31.2. The number of amides is 5. The fourth-order valence-corrected chi connectivity index (χ4v) is 11.7. The molecule has 2 aliphatic carbocycles. The summed E-state index contributed by atoms with van der Waals surface area (Å²) in [4.78, 5) is 72.8. The summed E-state index contributed by atoms with van der Waals surface area (Å²) in [5, 5.41) is 8.68. The Morgan fingerprint density at radius 3 is 2.45 bits per heavy atom. The van der Waals surface area contributed by atoms with Gasteiger partial charge in [0.1, 0.15) is 57.6 Å². The molecule has 20 heteroatoms. The Hall–Kier alpha value is -4.56. The fraction of sp³-hybridized carbons (Fsp3) is 0.609. The predicted molar refractivity (Wildman–Crippen MR) is 251 cm³/mol. The van der Waals surface area contributed by atoms with Crippen molar-refractivity contribution < 1.29 is 41.8 Å². The molecule has 1 aromatic carbocycles. The zero-order chi connectivity index (χ0) is 47.5. The van der Waals surface area contributed by atoms with E-state index in [2.05, 4.69) is 40.7 Å². The number of ether oxygens (including phenoxy) is 3. The van der Waals surface area contributed by atoms with Gasteiger partial charge in [-0.05, 0) is 64.0 Å². The highest BCUT2D eigenvalue weighted by Gasteiger charge is 2.63. The molecular weight excluding hydrogens is 908 g/mol. The Morgan fingerprint density at radius 2 is 1.83 bits per heavy atom. The maximum atomic E-state index is 15.0. The standard InChI is InChI=1S/C46H61ClN8O9S2/c1-9-27-22-46(27,43(58)52-66(60,61)28-10-11-28)50-40(56)32-21-36(33-23-54(44(59)51-45(6,7)8)39(26(4)5)42(57)55(32)33)64-35-20-30(41-49-31(24-65-41)25(2)3)48-38-29(35)12-13-34(37(38)47)63-19-16-53-14-17-62-18-15-53/h9,12-13,20,24-28,32-33,36,39H,1,10-11,14-19,21-23H2,2-8H3,(H,50,56)(H,51,59)(H,52,58)/t27-,32+,33-,36-,39-,46-/m1/s1. The van der Waals surface area contributed by atoms with Crippen molar-refractivity contribution in [3.63, 3.8) is 0 Å². The molecule has 358 valence electrons. The van der Waals surface area contributed by atoms with E-state index in [0.29, 0.717) is 72.3 Å². The van der Waals surface area contributed by atoms with E-state index < -0.39 is 80.3 Å². The van der Waals surface area contributed by atoms with Crippen LogP contribution in [-0.4, -0.2) is 143 Å². The van der Waals surface area contributed by atoms with Gasteiger partial charge in [-0.2, -0.15) is 0 Å². The summed E-state index contributed by atoms with van der Waals surface area (Å²) >= 11 is 8.60. The summed E-state index contributed by atoms with van der Waals surface area (Å²) in [5.74, 6) is -1.86. The molecule has 6 atom stereocenters. The number of urea groups is 1. The minimum absolute atomic E-state index is 0.0213. The number of hydrogen-bond donors (Lipinski definition) is 3. The van der Waals surface area contributed by atoms with Gasteiger partial charge in [0.2, 0.25) is 21.8 Å². The van der Waals surface area contributed by atoms with Crippen molar-refractivity contribution in [2.24, 2.45) is 11.8 Å². The highest BCUT2D eigenvalue weighted by atomic mass is 35.5. The second kappa shape index (κ2) is 18.5. The van der Waals surface area contributed by atoms with Crippen LogP contribution < -0.4 is 24.8 Å². The molecule has 5 amide bonds. The van der Waals surface area contributed by atoms with Gasteiger partial charge in [0.15, 0.2) is 0 Å². The fourth-order valence-electron chi connectivity index (χ4n) is 9.12. The van der Waals surface area contributed by atoms with Crippen LogP contribution in [0.4, 0.5) is 4.79 Å². The Kier molecular flexibility index (Phi) is 13.4. The third-order valence-electron chi connectivity index (χ3n) is 13.0. The first-order valence-corrected chi connectivity index (χ1v) is 25.6. The molecule has 66 heavy (non-hydrogen) atoms. The van der Waals surface area contributed by atoms with E-state index in [1.807, 2.05) is 46.1 Å². The number of hydrogen-bond acceptors (Lipinski definition) is 13. The maximum Gasteiger partial charge on any atom is 0.318 e. The number of pyridine rings is 1. The molecular formula is C46H61ClN8O9S2. The number of nitrogens with one attached hydrogen (secondary N) is 3. The average molecular weight is 970 g/mol. The van der Waals surface area contributed by atoms with E-state index >= 15 is 0 Å². The van der Waals surface area contributed by atoms with Crippen LogP contribution in [0.2, 0.25) is 5.02 Å². The van der Waals surface area contributed by atoms with E-state index in [9.17, 15) is 27.6 Å². The van der Waals surface area contributed by atoms with Gasteiger partial charge in [-0.1, -0.05) is 45.4 Å². The second-order valence-corrected chi connectivity index (χ2v) is 22.9. The summed E-state index contributed by atoms with van der Waals surface area (Å²) in [6.45, 7) is 21.3. The first-order valence-electron chi connectivity index (χ1n) is 22.8. The molecule has 17 nitrogen and oxygen atoms in total. The van der Waals surface area contributed by atoms with Crippen LogP contribution in [0, 0.1) is 11.8 Å². The number of morpholine rings is 1. The van der Waals surface area contributed by atoms with Gasteiger partial charge < -0.3 is 34.6 Å². The molecule has 0 bridgehead atoms.